The van der Waals surface area contributed by atoms with Crippen molar-refractivity contribution < 1.29 is 59.5 Å². The zero-order valence-corrected chi connectivity index (χ0v) is 33.4. The number of hydrogen-bond donors (Lipinski definition) is 7. The highest BCUT2D eigenvalue weighted by atomic mass is 16.8. The standard InChI is InChI=1S/C42H68O12/c1-21(2)22(3)9-10-23(4)24-14-18-42(38(49)50)26-11-12-29-39(5,6)30(15-16-40(29,7)25(26)13-17-41(24,42)8)53-37-35(31(45)27(44)20-51-37)54-36-34(48)33(47)32(46)28(19-43)52-36/h21,23-24,27-37,43-48H,3,9-20H2,1-2,4-8H3,(H,49,50)/t23-,24?,27+,28?,29?,30+,31?,32+,33?,34?,35?,36+,37+,40-,41-,42?/m1/s1. The van der Waals surface area contributed by atoms with Gasteiger partial charge >= 0.3 is 5.97 Å². The number of aliphatic hydroxyl groups is 6. The fourth-order valence-corrected chi connectivity index (χ4v) is 12.4. The predicted molar refractivity (Wildman–Crippen MR) is 199 cm³/mol. The minimum Gasteiger partial charge on any atom is -0.481 e. The lowest BCUT2D eigenvalue weighted by Gasteiger charge is -2.62. The van der Waals surface area contributed by atoms with Crippen LogP contribution in [-0.2, 0) is 23.7 Å². The van der Waals surface area contributed by atoms with Gasteiger partial charge in [0.2, 0.25) is 0 Å². The van der Waals surface area contributed by atoms with Gasteiger partial charge in [0, 0.05) is 0 Å². The molecule has 12 nitrogen and oxygen atoms in total. The molecule has 2 heterocycles. The maximum absolute atomic E-state index is 13.7. The first-order chi connectivity index (χ1) is 25.3. The molecule has 0 bridgehead atoms. The van der Waals surface area contributed by atoms with E-state index in [0.717, 1.165) is 51.4 Å². The lowest BCUT2D eigenvalue weighted by atomic mass is 9.43. The normalized spacial score (nSPS) is 46.8. The molecule has 7 N–H and O–H groups in total. The maximum atomic E-state index is 13.7. The van der Waals surface area contributed by atoms with Crippen LogP contribution in [0.5, 0.6) is 0 Å². The summed E-state index contributed by atoms with van der Waals surface area (Å²) >= 11 is 0. The molecule has 0 aromatic carbocycles. The van der Waals surface area contributed by atoms with Gasteiger partial charge < -0.3 is 54.7 Å². The van der Waals surface area contributed by atoms with E-state index in [-0.39, 0.29) is 29.5 Å². The average Bonchev–Trinajstić information content (AvgIpc) is 3.45. The van der Waals surface area contributed by atoms with Crippen LogP contribution in [0.15, 0.2) is 23.3 Å². The van der Waals surface area contributed by atoms with E-state index in [0.29, 0.717) is 30.6 Å². The van der Waals surface area contributed by atoms with Gasteiger partial charge in [0.05, 0.1) is 24.7 Å². The highest BCUT2D eigenvalue weighted by molar-refractivity contribution is 5.82. The summed E-state index contributed by atoms with van der Waals surface area (Å²) in [6, 6.07) is 0. The fraction of sp³-hybridized carbons (Fsp3) is 0.881. The molecule has 4 fully saturated rings. The Bertz CT molecular complexity index is 1430. The van der Waals surface area contributed by atoms with Gasteiger partial charge in [0.1, 0.15) is 42.7 Å². The first-order valence-electron chi connectivity index (χ1n) is 20.5. The van der Waals surface area contributed by atoms with Crippen molar-refractivity contribution in [3.8, 4) is 0 Å². The van der Waals surface area contributed by atoms with E-state index in [1.54, 1.807) is 0 Å². The Morgan fingerprint density at radius 1 is 0.870 bits per heavy atom. The van der Waals surface area contributed by atoms with Crippen LogP contribution in [-0.4, -0.2) is 116 Å². The van der Waals surface area contributed by atoms with Crippen molar-refractivity contribution in [2.45, 2.75) is 174 Å². The largest absolute Gasteiger partial charge is 0.481 e. The molecule has 2 saturated heterocycles. The molecule has 0 amide bonds. The molecular formula is C42H68O12. The van der Waals surface area contributed by atoms with Crippen LogP contribution < -0.4 is 0 Å². The molecule has 4 aliphatic carbocycles. The van der Waals surface area contributed by atoms with Crippen molar-refractivity contribution in [1.29, 1.82) is 0 Å². The molecule has 0 spiro atoms. The Morgan fingerprint density at radius 3 is 2.22 bits per heavy atom. The smallest absolute Gasteiger partial charge is 0.314 e. The Labute approximate surface area is 320 Å². The molecule has 0 aromatic heterocycles. The van der Waals surface area contributed by atoms with E-state index in [1.807, 2.05) is 0 Å². The first-order valence-corrected chi connectivity index (χ1v) is 20.5. The second-order valence-corrected chi connectivity index (χ2v) is 19.1. The van der Waals surface area contributed by atoms with Gasteiger partial charge in [0.25, 0.3) is 0 Å². The van der Waals surface area contributed by atoms with Crippen LogP contribution in [0.4, 0.5) is 0 Å². The average molecular weight is 765 g/mol. The third kappa shape index (κ3) is 6.66. The zero-order chi connectivity index (χ0) is 39.7. The number of allylic oxidation sites excluding steroid dienone is 2. The third-order valence-electron chi connectivity index (χ3n) is 15.9. The molecule has 6 aliphatic rings. The van der Waals surface area contributed by atoms with Crippen molar-refractivity contribution in [3.63, 3.8) is 0 Å². The Kier molecular flexibility index (Phi) is 12.0. The van der Waals surface area contributed by atoms with Crippen LogP contribution >= 0.6 is 0 Å². The molecule has 54 heavy (non-hydrogen) atoms. The van der Waals surface area contributed by atoms with Gasteiger partial charge in [-0.05, 0) is 104 Å². The van der Waals surface area contributed by atoms with Crippen LogP contribution in [0, 0.1) is 45.3 Å². The van der Waals surface area contributed by atoms with Gasteiger partial charge in [-0.25, -0.2) is 0 Å². The van der Waals surface area contributed by atoms with Crippen LogP contribution in [0.2, 0.25) is 0 Å². The highest BCUT2D eigenvalue weighted by Crippen LogP contribution is 2.73. The van der Waals surface area contributed by atoms with E-state index >= 15 is 0 Å². The highest BCUT2D eigenvalue weighted by Gasteiger charge is 2.68. The number of aliphatic carboxylic acids is 1. The zero-order valence-electron chi connectivity index (χ0n) is 33.4. The van der Waals surface area contributed by atoms with Crippen molar-refractivity contribution in [3.05, 3.63) is 23.3 Å². The van der Waals surface area contributed by atoms with Crippen LogP contribution in [0.25, 0.3) is 0 Å². The van der Waals surface area contributed by atoms with Crippen molar-refractivity contribution in [2.75, 3.05) is 13.2 Å². The molecule has 0 aromatic rings. The fourth-order valence-electron chi connectivity index (χ4n) is 12.4. The Hall–Kier alpha value is -1.45. The van der Waals surface area contributed by atoms with Crippen molar-refractivity contribution >= 4 is 5.97 Å². The van der Waals surface area contributed by atoms with E-state index in [4.69, 9.17) is 18.9 Å². The molecule has 308 valence electrons. The minimum atomic E-state index is -1.71. The van der Waals surface area contributed by atoms with Crippen LogP contribution in [0.3, 0.4) is 0 Å². The van der Waals surface area contributed by atoms with Gasteiger partial charge in [-0.1, -0.05) is 71.8 Å². The lowest BCUT2D eigenvalue weighted by Crippen LogP contribution is -2.64. The van der Waals surface area contributed by atoms with Crippen molar-refractivity contribution in [1.82, 2.24) is 0 Å². The summed E-state index contributed by atoms with van der Waals surface area (Å²) in [4.78, 5) is 13.7. The second kappa shape index (κ2) is 15.4. The summed E-state index contributed by atoms with van der Waals surface area (Å²) in [6.07, 6.45) is -5.06. The Morgan fingerprint density at radius 2 is 1.57 bits per heavy atom. The number of carbonyl (C=O) groups is 1. The lowest BCUT2D eigenvalue weighted by molar-refractivity contribution is -0.365. The third-order valence-corrected chi connectivity index (χ3v) is 15.9. The number of hydrogen-bond acceptors (Lipinski definition) is 11. The second-order valence-electron chi connectivity index (χ2n) is 19.1. The number of fused-ring (bicyclic) bond motifs is 4. The van der Waals surface area contributed by atoms with E-state index in [2.05, 4.69) is 55.0 Å². The summed E-state index contributed by atoms with van der Waals surface area (Å²) in [5.41, 5.74) is 1.94. The first kappa shape index (κ1) is 42.2. The summed E-state index contributed by atoms with van der Waals surface area (Å²) in [5.74, 6) is 0.675. The summed E-state index contributed by atoms with van der Waals surface area (Å²) in [6.45, 7) is 19.1. The molecule has 2 aliphatic heterocycles. The monoisotopic (exact) mass is 764 g/mol. The number of rotatable bonds is 11. The maximum Gasteiger partial charge on any atom is 0.314 e. The molecule has 16 atom stereocenters. The van der Waals surface area contributed by atoms with E-state index in [1.165, 1.54) is 16.7 Å². The number of carboxylic acids is 1. The number of ether oxygens (including phenoxy) is 4. The predicted octanol–water partition coefficient (Wildman–Crippen LogP) is 4.08. The van der Waals surface area contributed by atoms with Crippen molar-refractivity contribution in [2.24, 2.45) is 45.3 Å². The van der Waals surface area contributed by atoms with Gasteiger partial charge in [-0.3, -0.25) is 4.79 Å². The Balaban J connectivity index is 1.23. The topological polar surface area (TPSA) is 196 Å². The summed E-state index contributed by atoms with van der Waals surface area (Å²) in [5, 5.41) is 73.8. The summed E-state index contributed by atoms with van der Waals surface area (Å²) < 4.78 is 24.1. The molecule has 0 radical (unpaired) electrons. The minimum absolute atomic E-state index is 0.166. The molecule has 6 rings (SSSR count). The van der Waals surface area contributed by atoms with Crippen LogP contribution in [0.1, 0.15) is 113 Å². The number of carboxylic acid groups (broad SMARTS) is 1. The number of aliphatic hydroxyl groups excluding tert-OH is 6. The van der Waals surface area contributed by atoms with Gasteiger partial charge in [-0.15, -0.1) is 0 Å². The van der Waals surface area contributed by atoms with E-state index < -0.39 is 78.7 Å². The molecule has 2 saturated carbocycles. The van der Waals surface area contributed by atoms with Gasteiger partial charge in [-0.2, -0.15) is 0 Å². The molecular weight excluding hydrogens is 696 g/mol. The molecule has 12 heteroatoms. The SMILES string of the molecule is C=C(CC[C@@H](C)C1CCC2(C(=O)O)C3=C(CC[C@]12C)[C@@]1(C)CC[C@H](O[C@@H]2OC[C@H](O)C(O)C2O[C@@H]2OC(CO)[C@H](O)C(O)C2O)C(C)(C)C1CC3)C(C)C. The van der Waals surface area contributed by atoms with Gasteiger partial charge in [0.15, 0.2) is 12.6 Å². The summed E-state index contributed by atoms with van der Waals surface area (Å²) in [7, 11) is 0. The van der Waals surface area contributed by atoms with E-state index in [9.17, 15) is 40.5 Å². The molecule has 8 unspecified atom stereocenters. The quantitative estimate of drug-likeness (QED) is 0.149.